The smallest absolute Gasteiger partial charge is 0.420 e. The zero-order chi connectivity index (χ0) is 24.8. The van der Waals surface area contributed by atoms with E-state index in [1.54, 1.807) is 0 Å². The van der Waals surface area contributed by atoms with Crippen molar-refractivity contribution in [1.29, 1.82) is 0 Å². The molecular formula is C24H24F6N2O2. The monoisotopic (exact) mass is 486 g/mol. The van der Waals surface area contributed by atoms with Crippen LogP contribution >= 0.6 is 0 Å². The van der Waals surface area contributed by atoms with Crippen LogP contribution in [0.4, 0.5) is 37.7 Å². The number of benzene rings is 2. The molecule has 0 atom stereocenters. The Morgan fingerprint density at radius 3 is 1.32 bits per heavy atom. The summed E-state index contributed by atoms with van der Waals surface area (Å²) in [6, 6.07) is 4.15. The highest BCUT2D eigenvalue weighted by Gasteiger charge is 2.59. The predicted octanol–water partition coefficient (Wildman–Crippen LogP) is 6.04. The third-order valence-corrected chi connectivity index (χ3v) is 8.27. The average molecular weight is 486 g/mol. The lowest BCUT2D eigenvalue weighted by atomic mass is 9.42. The third-order valence-electron chi connectivity index (χ3n) is 8.27. The SMILES string of the molecule is Nc1cc(C2(c3cc(N)c(O)c(C(F)(F)F)c3)C3CC4CC(C3)CC2C4)cc(C(F)(F)F)c1O. The highest BCUT2D eigenvalue weighted by atomic mass is 19.4. The van der Waals surface area contributed by atoms with Crippen molar-refractivity contribution in [3.63, 3.8) is 0 Å². The lowest BCUT2D eigenvalue weighted by Crippen LogP contribution is -2.56. The molecule has 6 rings (SSSR count). The van der Waals surface area contributed by atoms with Crippen LogP contribution < -0.4 is 11.5 Å². The maximum Gasteiger partial charge on any atom is 0.420 e. The van der Waals surface area contributed by atoms with Gasteiger partial charge in [0, 0.05) is 5.41 Å². The van der Waals surface area contributed by atoms with Gasteiger partial charge in [0.15, 0.2) is 11.5 Å². The van der Waals surface area contributed by atoms with E-state index in [1.165, 1.54) is 12.1 Å². The molecule has 0 unspecified atom stereocenters. The van der Waals surface area contributed by atoms with Crippen LogP contribution in [0.1, 0.15) is 54.4 Å². The number of hydrogen-bond donors (Lipinski definition) is 4. The Kier molecular flexibility index (Phi) is 4.81. The van der Waals surface area contributed by atoms with E-state index in [2.05, 4.69) is 0 Å². The van der Waals surface area contributed by atoms with E-state index in [-0.39, 0.29) is 23.0 Å². The molecule has 6 N–H and O–H groups in total. The Hall–Kier alpha value is -2.78. The van der Waals surface area contributed by atoms with Gasteiger partial charge in [-0.1, -0.05) is 0 Å². The second-order valence-corrected chi connectivity index (χ2v) is 10.1. The molecule has 0 saturated heterocycles. The standard InChI is InChI=1S/C24H24F6N2O2/c25-23(26,27)16-6-14(8-18(31)20(16)33)22(12-2-10-1-11(4-12)5-13(22)3-10)15-7-17(24(28,29)30)21(34)19(32)9-15/h6-13,33-34H,1-5,31-32H2. The van der Waals surface area contributed by atoms with Crippen molar-refractivity contribution >= 4 is 11.4 Å². The number of halogens is 6. The third kappa shape index (κ3) is 3.20. The Morgan fingerprint density at radius 1 is 0.647 bits per heavy atom. The van der Waals surface area contributed by atoms with Crippen molar-refractivity contribution in [3.8, 4) is 11.5 Å². The summed E-state index contributed by atoms with van der Waals surface area (Å²) in [5.41, 5.74) is 7.04. The number of phenolic OH excluding ortho intramolecular Hbond substituents is 2. The summed E-state index contributed by atoms with van der Waals surface area (Å²) >= 11 is 0. The summed E-state index contributed by atoms with van der Waals surface area (Å²) in [4.78, 5) is 0. The summed E-state index contributed by atoms with van der Waals surface area (Å²) in [7, 11) is 0. The first-order chi connectivity index (χ1) is 15.7. The van der Waals surface area contributed by atoms with Crippen LogP contribution in [0.2, 0.25) is 0 Å². The first-order valence-electron chi connectivity index (χ1n) is 11.1. The molecule has 4 fully saturated rings. The van der Waals surface area contributed by atoms with E-state index in [9.17, 15) is 36.6 Å². The molecule has 0 radical (unpaired) electrons. The maximum atomic E-state index is 13.8. The normalized spacial score (nSPS) is 27.8. The second kappa shape index (κ2) is 7.11. The van der Waals surface area contributed by atoms with Gasteiger partial charge in [-0.2, -0.15) is 26.3 Å². The van der Waals surface area contributed by atoms with E-state index < -0.39 is 51.8 Å². The van der Waals surface area contributed by atoms with Crippen molar-refractivity contribution in [2.75, 3.05) is 11.5 Å². The van der Waals surface area contributed by atoms with Gasteiger partial charge in [-0.25, -0.2) is 0 Å². The van der Waals surface area contributed by atoms with E-state index in [0.717, 1.165) is 18.6 Å². The van der Waals surface area contributed by atoms with Crippen LogP contribution in [-0.2, 0) is 17.8 Å². The molecule has 0 aliphatic heterocycles. The molecular weight excluding hydrogens is 462 g/mol. The van der Waals surface area contributed by atoms with Gasteiger partial charge < -0.3 is 21.7 Å². The molecule has 4 aliphatic carbocycles. The molecule has 184 valence electrons. The summed E-state index contributed by atoms with van der Waals surface area (Å²) in [6.07, 6.45) is -6.15. The van der Waals surface area contributed by atoms with E-state index in [1.807, 2.05) is 0 Å². The molecule has 4 bridgehead atoms. The number of nitrogens with two attached hydrogens (primary N) is 2. The minimum absolute atomic E-state index is 0.127. The van der Waals surface area contributed by atoms with Gasteiger partial charge in [0.05, 0.1) is 22.5 Å². The molecule has 4 nitrogen and oxygen atoms in total. The first kappa shape index (κ1) is 23.0. The van der Waals surface area contributed by atoms with Gasteiger partial charge in [-0.05, 0) is 91.2 Å². The van der Waals surface area contributed by atoms with E-state index in [4.69, 9.17) is 11.5 Å². The van der Waals surface area contributed by atoms with E-state index >= 15 is 0 Å². The number of aromatic hydroxyl groups is 2. The number of anilines is 2. The van der Waals surface area contributed by atoms with Crippen LogP contribution in [0.15, 0.2) is 24.3 Å². The van der Waals surface area contributed by atoms with Gasteiger partial charge in [0.25, 0.3) is 0 Å². The summed E-state index contributed by atoms with van der Waals surface area (Å²) in [5.74, 6) is -1.92. The largest absolute Gasteiger partial charge is 0.505 e. The molecule has 4 aliphatic rings. The number of nitrogen functional groups attached to an aromatic ring is 2. The Bertz CT molecular complexity index is 1060. The number of alkyl halides is 6. The quantitative estimate of drug-likeness (QED) is 0.237. The van der Waals surface area contributed by atoms with E-state index in [0.29, 0.717) is 37.5 Å². The fourth-order valence-corrected chi connectivity index (χ4v) is 7.26. The van der Waals surface area contributed by atoms with Crippen molar-refractivity contribution < 1.29 is 36.6 Å². The predicted molar refractivity (Wildman–Crippen MR) is 113 cm³/mol. The molecule has 4 saturated carbocycles. The van der Waals surface area contributed by atoms with Gasteiger partial charge in [-0.15, -0.1) is 0 Å². The molecule has 10 heteroatoms. The number of rotatable bonds is 2. The Balaban J connectivity index is 1.83. The zero-order valence-corrected chi connectivity index (χ0v) is 18.0. The summed E-state index contributed by atoms with van der Waals surface area (Å²) in [5, 5.41) is 20.1. The van der Waals surface area contributed by atoms with Crippen molar-refractivity contribution in [3.05, 3.63) is 46.5 Å². The van der Waals surface area contributed by atoms with Crippen molar-refractivity contribution in [2.24, 2.45) is 23.7 Å². The minimum atomic E-state index is -4.91. The topological polar surface area (TPSA) is 92.5 Å². The van der Waals surface area contributed by atoms with Gasteiger partial charge in [-0.3, -0.25) is 0 Å². The molecule has 2 aromatic carbocycles. The lowest BCUT2D eigenvalue weighted by molar-refractivity contribution is -0.139. The van der Waals surface area contributed by atoms with Crippen molar-refractivity contribution in [1.82, 2.24) is 0 Å². The highest BCUT2D eigenvalue weighted by Crippen LogP contribution is 2.66. The Labute approximate surface area is 191 Å². The molecule has 0 spiro atoms. The Morgan fingerprint density at radius 2 is 1.00 bits per heavy atom. The molecule has 2 aromatic rings. The zero-order valence-electron chi connectivity index (χ0n) is 18.0. The fourth-order valence-electron chi connectivity index (χ4n) is 7.26. The van der Waals surface area contributed by atoms with Gasteiger partial charge in [0.1, 0.15) is 0 Å². The average Bonchev–Trinajstić information content (AvgIpc) is 2.70. The maximum absolute atomic E-state index is 13.8. The second-order valence-electron chi connectivity index (χ2n) is 10.1. The molecule has 0 amide bonds. The molecule has 0 heterocycles. The van der Waals surface area contributed by atoms with Crippen LogP contribution in [0.25, 0.3) is 0 Å². The van der Waals surface area contributed by atoms with Gasteiger partial charge in [0.2, 0.25) is 0 Å². The lowest BCUT2D eigenvalue weighted by Gasteiger charge is -2.62. The minimum Gasteiger partial charge on any atom is -0.505 e. The highest BCUT2D eigenvalue weighted by molar-refractivity contribution is 5.65. The molecule has 0 aromatic heterocycles. The summed E-state index contributed by atoms with van der Waals surface area (Å²) in [6.45, 7) is 0. The van der Waals surface area contributed by atoms with Crippen molar-refractivity contribution in [2.45, 2.75) is 49.9 Å². The number of phenols is 2. The van der Waals surface area contributed by atoms with Crippen LogP contribution in [-0.4, -0.2) is 10.2 Å². The number of hydrogen-bond acceptors (Lipinski definition) is 4. The van der Waals surface area contributed by atoms with Crippen LogP contribution in [0, 0.1) is 23.7 Å². The fraction of sp³-hybridized carbons (Fsp3) is 0.500. The molecule has 34 heavy (non-hydrogen) atoms. The van der Waals surface area contributed by atoms with Gasteiger partial charge >= 0.3 is 12.4 Å². The van der Waals surface area contributed by atoms with Crippen LogP contribution in [0.3, 0.4) is 0 Å². The van der Waals surface area contributed by atoms with Crippen LogP contribution in [0.5, 0.6) is 11.5 Å². The first-order valence-corrected chi connectivity index (χ1v) is 11.1. The summed E-state index contributed by atoms with van der Waals surface area (Å²) < 4.78 is 82.7.